The smallest absolute Gasteiger partial charge is 0.322 e. The van der Waals surface area contributed by atoms with Crippen LogP contribution in [-0.2, 0) is 6.42 Å². The molecule has 29 heavy (non-hydrogen) atoms. The zero-order chi connectivity index (χ0) is 21.0. The lowest BCUT2D eigenvalue weighted by Gasteiger charge is -2.27. The number of anilines is 1. The molecule has 1 aliphatic rings. The average molecular weight is 436 g/mol. The van der Waals surface area contributed by atoms with Crippen LogP contribution in [0.1, 0.15) is 23.2 Å². The fourth-order valence-electron chi connectivity index (χ4n) is 3.10. The van der Waals surface area contributed by atoms with Crippen LogP contribution in [0.25, 0.3) is 5.57 Å². The molecule has 0 saturated carbocycles. The van der Waals surface area contributed by atoms with E-state index in [9.17, 15) is 9.90 Å². The molecule has 0 unspecified atom stereocenters. The van der Waals surface area contributed by atoms with E-state index in [1.807, 2.05) is 25.1 Å². The molecule has 8 heteroatoms. The summed E-state index contributed by atoms with van der Waals surface area (Å²) in [4.78, 5) is 18.6. The Balaban J connectivity index is 1.64. The van der Waals surface area contributed by atoms with Crippen LogP contribution in [0.3, 0.4) is 0 Å². The number of urea groups is 1. The summed E-state index contributed by atoms with van der Waals surface area (Å²) in [6, 6.07) is 6.99. The molecular formula is C21H23Cl2N3O3. The topological polar surface area (TPSA) is 85.7 Å². The van der Waals surface area contributed by atoms with Gasteiger partial charge in [-0.25, -0.2) is 4.79 Å². The second-order valence-electron chi connectivity index (χ2n) is 7.03. The fourth-order valence-corrected chi connectivity index (χ4v) is 3.59. The van der Waals surface area contributed by atoms with Crippen LogP contribution in [-0.4, -0.2) is 51.9 Å². The highest BCUT2D eigenvalue weighted by Gasteiger charge is 2.20. The highest BCUT2D eigenvalue weighted by molar-refractivity contribution is 6.32. The van der Waals surface area contributed by atoms with Gasteiger partial charge in [-0.15, -0.1) is 0 Å². The maximum Gasteiger partial charge on any atom is 0.322 e. The molecule has 1 aliphatic heterocycles. The van der Waals surface area contributed by atoms with E-state index in [1.165, 1.54) is 0 Å². The summed E-state index contributed by atoms with van der Waals surface area (Å²) in [5.41, 5.74) is 4.03. The molecule has 1 aromatic carbocycles. The Morgan fingerprint density at radius 3 is 2.72 bits per heavy atom. The van der Waals surface area contributed by atoms with Gasteiger partial charge >= 0.3 is 6.03 Å². The monoisotopic (exact) mass is 435 g/mol. The summed E-state index contributed by atoms with van der Waals surface area (Å²) in [7, 11) is 0. The molecule has 2 aromatic rings. The molecule has 0 spiro atoms. The molecule has 3 rings (SSSR count). The molecule has 2 amide bonds. The molecule has 154 valence electrons. The van der Waals surface area contributed by atoms with Gasteiger partial charge in [0, 0.05) is 36.4 Å². The third-order valence-electron chi connectivity index (χ3n) is 4.80. The van der Waals surface area contributed by atoms with E-state index < -0.39 is 6.10 Å². The van der Waals surface area contributed by atoms with Crippen LogP contribution >= 0.6 is 23.2 Å². The van der Waals surface area contributed by atoms with Crippen molar-refractivity contribution < 1.29 is 15.0 Å². The minimum absolute atomic E-state index is 0.187. The average Bonchev–Trinajstić information content (AvgIpc) is 2.71. The van der Waals surface area contributed by atoms with Gasteiger partial charge in [-0.2, -0.15) is 0 Å². The summed E-state index contributed by atoms with van der Waals surface area (Å²) in [6.45, 7) is 2.59. The normalized spacial score (nSPS) is 15.1. The highest BCUT2D eigenvalue weighted by Crippen LogP contribution is 2.28. The SMILES string of the molecule is Cc1ccc(NC(=O)N2CC=C(c3ncc(C[C@@H](O)CO)cc3Cl)CC2)cc1Cl. The van der Waals surface area contributed by atoms with Crippen LogP contribution in [0, 0.1) is 6.92 Å². The Hall–Kier alpha value is -2.12. The minimum Gasteiger partial charge on any atom is -0.394 e. The Labute approximate surface area is 179 Å². The zero-order valence-corrected chi connectivity index (χ0v) is 17.5. The van der Waals surface area contributed by atoms with Gasteiger partial charge in [-0.3, -0.25) is 4.98 Å². The number of carbonyl (C=O) groups excluding carboxylic acids is 1. The molecule has 1 aromatic heterocycles. The molecule has 6 nitrogen and oxygen atoms in total. The first-order chi connectivity index (χ1) is 13.9. The van der Waals surface area contributed by atoms with Crippen molar-refractivity contribution in [2.75, 3.05) is 25.0 Å². The van der Waals surface area contributed by atoms with E-state index in [1.54, 1.807) is 23.2 Å². The Morgan fingerprint density at radius 2 is 2.10 bits per heavy atom. The van der Waals surface area contributed by atoms with Gasteiger partial charge < -0.3 is 20.4 Å². The minimum atomic E-state index is -0.830. The maximum absolute atomic E-state index is 12.5. The summed E-state index contributed by atoms with van der Waals surface area (Å²) in [5.74, 6) is 0. The maximum atomic E-state index is 12.5. The number of amides is 2. The van der Waals surface area contributed by atoms with Crippen molar-refractivity contribution in [3.05, 3.63) is 63.4 Å². The van der Waals surface area contributed by atoms with Crippen LogP contribution < -0.4 is 5.32 Å². The van der Waals surface area contributed by atoms with Crippen molar-refractivity contribution in [3.8, 4) is 0 Å². The van der Waals surface area contributed by atoms with Crippen LogP contribution in [0.2, 0.25) is 10.0 Å². The van der Waals surface area contributed by atoms with Crippen molar-refractivity contribution in [2.45, 2.75) is 25.9 Å². The molecule has 2 heterocycles. The second-order valence-corrected chi connectivity index (χ2v) is 7.85. The summed E-state index contributed by atoms with van der Waals surface area (Å²) in [5, 5.41) is 22.5. The molecule has 0 fully saturated rings. The number of aliphatic hydroxyl groups is 2. The Morgan fingerprint density at radius 1 is 1.31 bits per heavy atom. The van der Waals surface area contributed by atoms with E-state index in [4.69, 9.17) is 28.3 Å². The molecule has 0 aliphatic carbocycles. The van der Waals surface area contributed by atoms with Gasteiger partial charge in [0.25, 0.3) is 0 Å². The largest absolute Gasteiger partial charge is 0.394 e. The van der Waals surface area contributed by atoms with E-state index in [2.05, 4.69) is 10.3 Å². The summed E-state index contributed by atoms with van der Waals surface area (Å²) in [6.07, 6.45) is 3.69. The second kappa shape index (κ2) is 9.59. The van der Waals surface area contributed by atoms with E-state index in [0.717, 1.165) is 16.7 Å². The van der Waals surface area contributed by atoms with Crippen molar-refractivity contribution >= 4 is 40.5 Å². The van der Waals surface area contributed by atoms with E-state index in [-0.39, 0.29) is 12.6 Å². The fraction of sp³-hybridized carbons (Fsp3) is 0.333. The molecular weight excluding hydrogens is 413 g/mol. The zero-order valence-electron chi connectivity index (χ0n) is 16.0. The molecule has 0 radical (unpaired) electrons. The standard InChI is InChI=1S/C21H23Cl2N3O3/c1-13-2-3-16(10-18(13)22)25-21(29)26-6-4-15(5-7-26)20-19(23)9-14(11-24-20)8-17(28)12-27/h2-4,9-11,17,27-28H,5-8,12H2,1H3,(H,25,29)/t17-/m1/s1. The first-order valence-corrected chi connectivity index (χ1v) is 10.1. The Kier molecular flexibility index (Phi) is 7.14. The van der Waals surface area contributed by atoms with Gasteiger partial charge in [0.15, 0.2) is 0 Å². The molecule has 1 atom stereocenters. The quantitative estimate of drug-likeness (QED) is 0.664. The number of aryl methyl sites for hydroxylation is 1. The lowest BCUT2D eigenvalue weighted by molar-refractivity contribution is 0.0954. The number of halogens is 2. The number of hydrogen-bond donors (Lipinski definition) is 3. The molecule has 3 N–H and O–H groups in total. The number of carbonyl (C=O) groups is 1. The Bertz CT molecular complexity index is 933. The van der Waals surface area contributed by atoms with Crippen molar-refractivity contribution in [1.29, 1.82) is 0 Å². The van der Waals surface area contributed by atoms with Gasteiger partial charge in [0.05, 0.1) is 23.4 Å². The number of aliphatic hydroxyl groups excluding tert-OH is 2. The predicted octanol–water partition coefficient (Wildman–Crippen LogP) is 3.91. The number of nitrogens with one attached hydrogen (secondary N) is 1. The number of pyridine rings is 1. The summed E-state index contributed by atoms with van der Waals surface area (Å²) < 4.78 is 0. The molecule has 0 saturated heterocycles. The predicted molar refractivity (Wildman–Crippen MR) is 115 cm³/mol. The molecule has 0 bridgehead atoms. The first-order valence-electron chi connectivity index (χ1n) is 9.32. The van der Waals surface area contributed by atoms with E-state index >= 15 is 0 Å². The first kappa shape index (κ1) is 21.6. The number of nitrogens with zero attached hydrogens (tertiary/aromatic N) is 2. The van der Waals surface area contributed by atoms with Gasteiger partial charge in [-0.1, -0.05) is 35.3 Å². The van der Waals surface area contributed by atoms with Crippen molar-refractivity contribution in [3.63, 3.8) is 0 Å². The lowest BCUT2D eigenvalue weighted by atomic mass is 10.0. The summed E-state index contributed by atoms with van der Waals surface area (Å²) >= 11 is 12.5. The van der Waals surface area contributed by atoms with Crippen LogP contribution in [0.15, 0.2) is 36.5 Å². The number of rotatable bonds is 5. The van der Waals surface area contributed by atoms with E-state index in [0.29, 0.717) is 47.4 Å². The third kappa shape index (κ3) is 5.48. The number of benzene rings is 1. The lowest BCUT2D eigenvalue weighted by Crippen LogP contribution is -2.38. The van der Waals surface area contributed by atoms with Crippen molar-refractivity contribution in [2.24, 2.45) is 0 Å². The van der Waals surface area contributed by atoms with Crippen LogP contribution in [0.5, 0.6) is 0 Å². The van der Waals surface area contributed by atoms with Crippen LogP contribution in [0.4, 0.5) is 10.5 Å². The van der Waals surface area contributed by atoms with Gasteiger partial charge in [0.2, 0.25) is 0 Å². The van der Waals surface area contributed by atoms with Crippen molar-refractivity contribution in [1.82, 2.24) is 9.88 Å². The highest BCUT2D eigenvalue weighted by atomic mass is 35.5. The third-order valence-corrected chi connectivity index (χ3v) is 5.50. The number of hydrogen-bond acceptors (Lipinski definition) is 4. The van der Waals surface area contributed by atoms with Gasteiger partial charge in [0.1, 0.15) is 0 Å². The van der Waals surface area contributed by atoms with Gasteiger partial charge in [-0.05, 0) is 48.2 Å². The number of aromatic nitrogens is 1.